The van der Waals surface area contributed by atoms with E-state index in [0.29, 0.717) is 6.42 Å². The van der Waals surface area contributed by atoms with Gasteiger partial charge in [-0.05, 0) is 32.4 Å². The molecular weight excluding hydrogens is 264 g/mol. The maximum Gasteiger partial charge on any atom is 0.0596 e. The zero-order valence-electron chi connectivity index (χ0n) is 13.0. The molecule has 0 amide bonds. The summed E-state index contributed by atoms with van der Waals surface area (Å²) in [7, 11) is 0. The van der Waals surface area contributed by atoms with Crippen LogP contribution in [0.1, 0.15) is 29.4 Å². The molecule has 2 N–H and O–H groups in total. The van der Waals surface area contributed by atoms with Crippen molar-refractivity contribution < 1.29 is 10.2 Å². The molecule has 2 rings (SSSR count). The summed E-state index contributed by atoms with van der Waals surface area (Å²) in [6, 6.07) is 10.0. The van der Waals surface area contributed by atoms with Crippen molar-refractivity contribution in [1.82, 2.24) is 9.78 Å². The van der Waals surface area contributed by atoms with Gasteiger partial charge >= 0.3 is 0 Å². The first kappa shape index (κ1) is 15.7. The number of aliphatic hydroxyl groups excluding tert-OH is 2. The highest BCUT2D eigenvalue weighted by atomic mass is 16.3. The zero-order chi connectivity index (χ0) is 15.5. The van der Waals surface area contributed by atoms with E-state index >= 15 is 0 Å². The van der Waals surface area contributed by atoms with Gasteiger partial charge in [0.15, 0.2) is 0 Å². The normalized spacial score (nSPS) is 11.9. The summed E-state index contributed by atoms with van der Waals surface area (Å²) < 4.78 is 1.94. The molecule has 0 saturated carbocycles. The maximum atomic E-state index is 9.96. The predicted octanol–water partition coefficient (Wildman–Crippen LogP) is 1.98. The summed E-state index contributed by atoms with van der Waals surface area (Å²) in [5.74, 6) is 0. The van der Waals surface area contributed by atoms with Crippen LogP contribution in [0.3, 0.4) is 0 Å². The van der Waals surface area contributed by atoms with Crippen LogP contribution in [0.2, 0.25) is 0 Å². The van der Waals surface area contributed by atoms with Crippen molar-refractivity contribution in [1.29, 1.82) is 0 Å². The average Bonchev–Trinajstić information content (AvgIpc) is 2.84. The molecule has 1 heterocycles. The van der Waals surface area contributed by atoms with Crippen molar-refractivity contribution in [3.05, 3.63) is 52.8 Å². The van der Waals surface area contributed by atoms with E-state index in [4.69, 9.17) is 0 Å². The Morgan fingerprint density at radius 2 is 1.86 bits per heavy atom. The topological polar surface area (TPSA) is 58.3 Å². The fourth-order valence-corrected chi connectivity index (χ4v) is 2.78. The molecule has 0 spiro atoms. The van der Waals surface area contributed by atoms with Crippen molar-refractivity contribution in [2.75, 3.05) is 13.2 Å². The second kappa shape index (κ2) is 6.41. The number of hydrogen-bond donors (Lipinski definition) is 2. The highest BCUT2D eigenvalue weighted by Gasteiger charge is 2.32. The van der Waals surface area contributed by atoms with Gasteiger partial charge in [-0.1, -0.05) is 29.8 Å². The van der Waals surface area contributed by atoms with E-state index in [2.05, 4.69) is 5.10 Å². The highest BCUT2D eigenvalue weighted by Crippen LogP contribution is 2.29. The number of rotatable bonds is 6. The molecule has 0 saturated heterocycles. The van der Waals surface area contributed by atoms with Crippen LogP contribution in [0.4, 0.5) is 0 Å². The fraction of sp³-hybridized carbons (Fsp3) is 0.471. The van der Waals surface area contributed by atoms with Gasteiger partial charge in [-0.25, -0.2) is 0 Å². The van der Waals surface area contributed by atoms with Crippen LogP contribution in [0, 0.1) is 13.8 Å². The van der Waals surface area contributed by atoms with Gasteiger partial charge in [-0.2, -0.15) is 5.10 Å². The Morgan fingerprint density at radius 3 is 2.43 bits per heavy atom. The molecule has 4 heteroatoms. The van der Waals surface area contributed by atoms with Gasteiger partial charge in [0, 0.05) is 24.1 Å². The first-order valence-electron chi connectivity index (χ1n) is 7.37. The van der Waals surface area contributed by atoms with E-state index in [9.17, 15) is 10.2 Å². The van der Waals surface area contributed by atoms with E-state index < -0.39 is 5.41 Å². The Labute approximate surface area is 126 Å². The van der Waals surface area contributed by atoms with Crippen LogP contribution in [0.15, 0.2) is 30.3 Å². The minimum Gasteiger partial charge on any atom is -0.395 e. The van der Waals surface area contributed by atoms with E-state index in [-0.39, 0.29) is 13.2 Å². The summed E-state index contributed by atoms with van der Waals surface area (Å²) >= 11 is 0. The summed E-state index contributed by atoms with van der Waals surface area (Å²) in [4.78, 5) is 0. The average molecular weight is 288 g/mol. The molecule has 0 aliphatic rings. The maximum absolute atomic E-state index is 9.96. The molecule has 114 valence electrons. The minimum absolute atomic E-state index is 0.0963. The van der Waals surface area contributed by atoms with Crippen molar-refractivity contribution in [3.8, 4) is 0 Å². The molecule has 0 atom stereocenters. The first-order valence-corrected chi connectivity index (χ1v) is 7.37. The van der Waals surface area contributed by atoms with Crippen LogP contribution < -0.4 is 0 Å². The number of hydrogen-bond acceptors (Lipinski definition) is 3. The summed E-state index contributed by atoms with van der Waals surface area (Å²) in [5.41, 5.74) is 3.42. The lowest BCUT2D eigenvalue weighted by molar-refractivity contribution is 0.114. The zero-order valence-corrected chi connectivity index (χ0v) is 13.0. The Balaban J connectivity index is 2.42. The Morgan fingerprint density at radius 1 is 1.14 bits per heavy atom. The number of aryl methyl sites for hydroxylation is 3. The van der Waals surface area contributed by atoms with Gasteiger partial charge in [0.05, 0.1) is 18.9 Å². The predicted molar refractivity (Wildman–Crippen MR) is 83.4 cm³/mol. The molecular formula is C17H24N2O2. The lowest BCUT2D eigenvalue weighted by Gasteiger charge is -2.31. The third kappa shape index (κ3) is 3.17. The molecule has 0 aliphatic heterocycles. The Hall–Kier alpha value is -1.65. The van der Waals surface area contributed by atoms with Crippen LogP contribution in [-0.2, 0) is 18.4 Å². The largest absolute Gasteiger partial charge is 0.395 e. The van der Waals surface area contributed by atoms with Crippen molar-refractivity contribution in [2.24, 2.45) is 0 Å². The molecule has 0 radical (unpaired) electrons. The van der Waals surface area contributed by atoms with Crippen LogP contribution >= 0.6 is 0 Å². The number of nitrogens with zero attached hydrogens (tertiary/aromatic N) is 2. The number of benzene rings is 1. The third-order valence-electron chi connectivity index (χ3n) is 4.04. The summed E-state index contributed by atoms with van der Waals surface area (Å²) in [6.45, 7) is 6.61. The Bertz CT molecular complexity index is 601. The highest BCUT2D eigenvalue weighted by molar-refractivity contribution is 5.32. The van der Waals surface area contributed by atoms with Gasteiger partial charge in [-0.15, -0.1) is 0 Å². The van der Waals surface area contributed by atoms with Gasteiger partial charge in [0.2, 0.25) is 0 Å². The first-order chi connectivity index (χ1) is 10.0. The lowest BCUT2D eigenvalue weighted by Crippen LogP contribution is -2.38. The van der Waals surface area contributed by atoms with E-state index in [0.717, 1.165) is 29.1 Å². The minimum atomic E-state index is -0.675. The van der Waals surface area contributed by atoms with Gasteiger partial charge in [0.25, 0.3) is 0 Å². The molecule has 0 fully saturated rings. The SMILES string of the molecule is CCn1nc(C)cc1CC(CO)(CO)c1cccc(C)c1. The molecule has 2 aromatic rings. The third-order valence-corrected chi connectivity index (χ3v) is 4.04. The van der Waals surface area contributed by atoms with Crippen LogP contribution in [-0.4, -0.2) is 33.2 Å². The van der Waals surface area contributed by atoms with Crippen molar-refractivity contribution in [2.45, 2.75) is 39.2 Å². The molecule has 21 heavy (non-hydrogen) atoms. The number of aromatic nitrogens is 2. The van der Waals surface area contributed by atoms with Gasteiger partial charge in [-0.3, -0.25) is 4.68 Å². The van der Waals surface area contributed by atoms with E-state index in [1.165, 1.54) is 0 Å². The summed E-state index contributed by atoms with van der Waals surface area (Å²) in [6.07, 6.45) is 0.568. The second-order valence-electron chi connectivity index (χ2n) is 5.74. The Kier molecular flexibility index (Phi) is 4.80. The lowest BCUT2D eigenvalue weighted by atomic mass is 9.77. The quantitative estimate of drug-likeness (QED) is 0.854. The van der Waals surface area contributed by atoms with Crippen molar-refractivity contribution in [3.63, 3.8) is 0 Å². The van der Waals surface area contributed by atoms with Crippen LogP contribution in [0.5, 0.6) is 0 Å². The van der Waals surface area contributed by atoms with E-state index in [1.54, 1.807) is 0 Å². The van der Waals surface area contributed by atoms with Crippen LogP contribution in [0.25, 0.3) is 0 Å². The van der Waals surface area contributed by atoms with Crippen molar-refractivity contribution >= 4 is 0 Å². The summed E-state index contributed by atoms with van der Waals surface area (Å²) in [5, 5.41) is 24.4. The molecule has 0 aliphatic carbocycles. The smallest absolute Gasteiger partial charge is 0.0596 e. The molecule has 4 nitrogen and oxygen atoms in total. The number of aliphatic hydroxyl groups is 2. The van der Waals surface area contributed by atoms with E-state index in [1.807, 2.05) is 55.8 Å². The van der Waals surface area contributed by atoms with Gasteiger partial charge < -0.3 is 10.2 Å². The fourth-order valence-electron chi connectivity index (χ4n) is 2.78. The molecule has 0 bridgehead atoms. The second-order valence-corrected chi connectivity index (χ2v) is 5.74. The monoisotopic (exact) mass is 288 g/mol. The molecule has 0 unspecified atom stereocenters. The standard InChI is InChI=1S/C17H24N2O2/c1-4-19-16(9-14(3)18-19)10-17(11-20,12-21)15-7-5-6-13(2)8-15/h5-9,20-21H,4,10-12H2,1-3H3. The van der Waals surface area contributed by atoms with Gasteiger partial charge in [0.1, 0.15) is 0 Å². The molecule has 1 aromatic carbocycles. The molecule has 1 aromatic heterocycles.